The number of hydrazone groups is 1. The Balaban J connectivity index is 1.66. The quantitative estimate of drug-likeness (QED) is 0.656. The average molecular weight is 269 g/mol. The van der Waals surface area contributed by atoms with Gasteiger partial charge in [-0.25, -0.2) is 5.43 Å². The van der Waals surface area contributed by atoms with Crippen LogP contribution in [0.15, 0.2) is 35.7 Å². The molecule has 1 aliphatic carbocycles. The third-order valence-corrected chi connectivity index (χ3v) is 3.27. The lowest BCUT2D eigenvalue weighted by molar-refractivity contribution is 0.0950. The zero-order valence-electron chi connectivity index (χ0n) is 11.1. The van der Waals surface area contributed by atoms with Gasteiger partial charge in [-0.05, 0) is 38.0 Å². The van der Waals surface area contributed by atoms with Crippen LogP contribution in [0.25, 0.3) is 0 Å². The van der Waals surface area contributed by atoms with E-state index in [1.54, 1.807) is 18.5 Å². The predicted octanol–water partition coefficient (Wildman–Crippen LogP) is 1.84. The molecule has 6 nitrogen and oxygen atoms in total. The summed E-state index contributed by atoms with van der Waals surface area (Å²) in [5.74, 6) is 0.243. The lowest BCUT2D eigenvalue weighted by Gasteiger charge is -2.00. The molecule has 0 bridgehead atoms. The molecule has 2 N–H and O–H groups in total. The minimum absolute atomic E-state index is 0.304. The Bertz CT molecular complexity index is 643. The minimum atomic E-state index is -0.304. The second-order valence-corrected chi connectivity index (χ2v) is 4.86. The number of hydrogen-bond acceptors (Lipinski definition) is 4. The van der Waals surface area contributed by atoms with E-state index in [9.17, 15) is 4.79 Å². The van der Waals surface area contributed by atoms with Gasteiger partial charge in [-0.2, -0.15) is 10.2 Å². The van der Waals surface area contributed by atoms with Gasteiger partial charge in [0.05, 0.1) is 5.71 Å². The van der Waals surface area contributed by atoms with Gasteiger partial charge in [0.2, 0.25) is 0 Å². The van der Waals surface area contributed by atoms with E-state index in [0.29, 0.717) is 11.6 Å². The number of H-pyrrole nitrogens is 1. The van der Waals surface area contributed by atoms with Crippen molar-refractivity contribution in [3.05, 3.63) is 47.5 Å². The molecule has 0 unspecified atom stereocenters. The summed E-state index contributed by atoms with van der Waals surface area (Å²) in [6.45, 7) is 1.83. The van der Waals surface area contributed by atoms with Crippen LogP contribution in [0.4, 0.5) is 0 Å². The summed E-state index contributed by atoms with van der Waals surface area (Å²) in [6.07, 6.45) is 5.71. The molecule has 0 aliphatic heterocycles. The van der Waals surface area contributed by atoms with Gasteiger partial charge < -0.3 is 0 Å². The third kappa shape index (κ3) is 2.74. The highest BCUT2D eigenvalue weighted by atomic mass is 16.2. The Hall–Kier alpha value is -2.50. The van der Waals surface area contributed by atoms with Crippen LogP contribution in [0.1, 0.15) is 47.4 Å². The van der Waals surface area contributed by atoms with Gasteiger partial charge in [-0.1, -0.05) is 0 Å². The number of hydrogen-bond donors (Lipinski definition) is 2. The smallest absolute Gasteiger partial charge is 0.281 e. The van der Waals surface area contributed by atoms with Crippen molar-refractivity contribution in [1.29, 1.82) is 0 Å². The molecule has 2 aromatic rings. The maximum absolute atomic E-state index is 11.9. The number of aromatic nitrogens is 3. The molecule has 0 radical (unpaired) electrons. The van der Waals surface area contributed by atoms with Gasteiger partial charge in [-0.15, -0.1) is 0 Å². The van der Waals surface area contributed by atoms with Crippen LogP contribution in [0.2, 0.25) is 0 Å². The number of pyridine rings is 1. The van der Waals surface area contributed by atoms with Crippen LogP contribution in [-0.4, -0.2) is 26.8 Å². The Kier molecular flexibility index (Phi) is 3.28. The van der Waals surface area contributed by atoms with E-state index in [4.69, 9.17) is 0 Å². The van der Waals surface area contributed by atoms with Crippen molar-refractivity contribution in [3.63, 3.8) is 0 Å². The molecule has 102 valence electrons. The van der Waals surface area contributed by atoms with E-state index in [0.717, 1.165) is 17.0 Å². The summed E-state index contributed by atoms with van der Waals surface area (Å²) in [5.41, 5.74) is 5.56. The Labute approximate surface area is 116 Å². The second-order valence-electron chi connectivity index (χ2n) is 4.86. The van der Waals surface area contributed by atoms with E-state index >= 15 is 0 Å². The first-order chi connectivity index (χ1) is 9.74. The maximum Gasteiger partial charge on any atom is 0.291 e. The molecule has 0 atom stereocenters. The first-order valence-electron chi connectivity index (χ1n) is 6.54. The topological polar surface area (TPSA) is 83.0 Å². The predicted molar refractivity (Wildman–Crippen MR) is 74.5 cm³/mol. The highest BCUT2D eigenvalue weighted by Gasteiger charge is 2.26. The number of rotatable bonds is 4. The number of nitrogens with one attached hydrogen (secondary N) is 2. The van der Waals surface area contributed by atoms with Crippen molar-refractivity contribution in [2.75, 3.05) is 0 Å². The van der Waals surface area contributed by atoms with Crippen molar-refractivity contribution in [2.45, 2.75) is 25.7 Å². The summed E-state index contributed by atoms with van der Waals surface area (Å²) < 4.78 is 0. The van der Waals surface area contributed by atoms with Gasteiger partial charge in [0.1, 0.15) is 0 Å². The Morgan fingerprint density at radius 3 is 2.85 bits per heavy atom. The molecule has 6 heteroatoms. The number of carbonyl (C=O) groups is 1. The largest absolute Gasteiger partial charge is 0.291 e. The molecule has 1 amide bonds. The van der Waals surface area contributed by atoms with E-state index in [2.05, 4.69) is 25.7 Å². The number of carbonyl (C=O) groups excluding carboxylic acids is 1. The van der Waals surface area contributed by atoms with Crippen molar-refractivity contribution < 1.29 is 4.79 Å². The molecule has 1 fully saturated rings. The number of amides is 1. The molecule has 20 heavy (non-hydrogen) atoms. The minimum Gasteiger partial charge on any atom is -0.281 e. The van der Waals surface area contributed by atoms with Crippen LogP contribution in [0, 0.1) is 0 Å². The highest BCUT2D eigenvalue weighted by molar-refractivity contribution is 6.00. The molecule has 3 rings (SSSR count). The summed E-state index contributed by atoms with van der Waals surface area (Å²) in [4.78, 5) is 15.9. The molecule has 1 saturated carbocycles. The second kappa shape index (κ2) is 5.24. The van der Waals surface area contributed by atoms with Crippen LogP contribution >= 0.6 is 0 Å². The first-order valence-corrected chi connectivity index (χ1v) is 6.54. The first kappa shape index (κ1) is 12.5. The molecule has 0 aromatic carbocycles. The van der Waals surface area contributed by atoms with Crippen molar-refractivity contribution in [2.24, 2.45) is 5.10 Å². The highest BCUT2D eigenvalue weighted by Crippen LogP contribution is 2.38. The SMILES string of the molecule is C/C(=N\NC(=O)c1cc(C2CC2)[nH]n1)c1ccncc1. The Morgan fingerprint density at radius 1 is 1.40 bits per heavy atom. The molecule has 1 aliphatic rings. The monoisotopic (exact) mass is 269 g/mol. The summed E-state index contributed by atoms with van der Waals surface area (Å²) >= 11 is 0. The van der Waals surface area contributed by atoms with E-state index < -0.39 is 0 Å². The maximum atomic E-state index is 11.9. The fourth-order valence-electron chi connectivity index (χ4n) is 1.91. The van der Waals surface area contributed by atoms with Crippen LogP contribution in [-0.2, 0) is 0 Å². The molecule has 0 spiro atoms. The normalized spacial score (nSPS) is 15.2. The zero-order valence-corrected chi connectivity index (χ0v) is 11.1. The van der Waals surface area contributed by atoms with Gasteiger partial charge in [0.25, 0.3) is 5.91 Å². The third-order valence-electron chi connectivity index (χ3n) is 3.27. The summed E-state index contributed by atoms with van der Waals surface area (Å²) in [5, 5.41) is 11.0. The van der Waals surface area contributed by atoms with Gasteiger partial charge in [-0.3, -0.25) is 14.9 Å². The lowest BCUT2D eigenvalue weighted by atomic mass is 10.2. The summed E-state index contributed by atoms with van der Waals surface area (Å²) in [7, 11) is 0. The van der Waals surface area contributed by atoms with E-state index in [1.807, 2.05) is 19.1 Å². The number of aromatic amines is 1. The average Bonchev–Trinajstić information content (AvgIpc) is 3.22. The van der Waals surface area contributed by atoms with Crippen molar-refractivity contribution in [3.8, 4) is 0 Å². The fourth-order valence-corrected chi connectivity index (χ4v) is 1.91. The van der Waals surface area contributed by atoms with Crippen LogP contribution in [0.5, 0.6) is 0 Å². The molecule has 0 saturated heterocycles. The number of nitrogens with zero attached hydrogens (tertiary/aromatic N) is 3. The van der Waals surface area contributed by atoms with E-state index in [1.165, 1.54) is 12.8 Å². The zero-order chi connectivity index (χ0) is 13.9. The molecular formula is C14H15N5O. The lowest BCUT2D eigenvalue weighted by Crippen LogP contribution is -2.19. The van der Waals surface area contributed by atoms with Crippen LogP contribution < -0.4 is 5.43 Å². The van der Waals surface area contributed by atoms with Crippen LogP contribution in [0.3, 0.4) is 0 Å². The Morgan fingerprint density at radius 2 is 2.15 bits per heavy atom. The van der Waals surface area contributed by atoms with Crippen molar-refractivity contribution in [1.82, 2.24) is 20.6 Å². The van der Waals surface area contributed by atoms with Gasteiger partial charge >= 0.3 is 0 Å². The van der Waals surface area contributed by atoms with Gasteiger partial charge in [0.15, 0.2) is 5.69 Å². The standard InChI is InChI=1S/C14H15N5O/c1-9(10-4-6-15-7-5-10)16-19-14(20)13-8-12(17-18-13)11-2-3-11/h4-8,11H,2-3H2,1H3,(H,17,18)(H,19,20)/b16-9+. The molecule has 2 aromatic heterocycles. The molecular weight excluding hydrogens is 254 g/mol. The fraction of sp³-hybridized carbons (Fsp3) is 0.286. The van der Waals surface area contributed by atoms with Crippen molar-refractivity contribution >= 4 is 11.6 Å². The molecule has 2 heterocycles. The van der Waals surface area contributed by atoms with Gasteiger partial charge in [0, 0.05) is 29.6 Å². The summed E-state index contributed by atoms with van der Waals surface area (Å²) in [6, 6.07) is 5.47. The van der Waals surface area contributed by atoms with E-state index in [-0.39, 0.29) is 5.91 Å².